The van der Waals surface area contributed by atoms with Crippen LogP contribution in [-0.4, -0.2) is 25.6 Å². The third kappa shape index (κ3) is 4.13. The number of benzene rings is 2. The third-order valence-electron chi connectivity index (χ3n) is 3.76. The normalized spacial score (nSPS) is 10.2. The number of hydrogen-bond acceptors (Lipinski definition) is 4. The fourth-order valence-corrected chi connectivity index (χ4v) is 2.30. The Morgan fingerprint density at radius 2 is 1.67 bits per heavy atom. The van der Waals surface area contributed by atoms with Crippen molar-refractivity contribution in [3.63, 3.8) is 0 Å². The Labute approximate surface area is 141 Å². The van der Waals surface area contributed by atoms with Crippen LogP contribution in [-0.2, 0) is 9.53 Å². The number of aryl methyl sites for hydroxylation is 3. The zero-order valence-electron chi connectivity index (χ0n) is 14.3. The van der Waals surface area contributed by atoms with Crippen LogP contribution in [0.3, 0.4) is 0 Å². The van der Waals surface area contributed by atoms with Gasteiger partial charge in [-0.3, -0.25) is 4.79 Å². The van der Waals surface area contributed by atoms with Gasteiger partial charge in [-0.15, -0.1) is 0 Å². The summed E-state index contributed by atoms with van der Waals surface area (Å²) in [7, 11) is 1.30. The molecule has 0 radical (unpaired) electrons. The maximum atomic E-state index is 12.1. The van der Waals surface area contributed by atoms with Crippen molar-refractivity contribution < 1.29 is 19.1 Å². The Morgan fingerprint density at radius 3 is 2.38 bits per heavy atom. The van der Waals surface area contributed by atoms with Crippen LogP contribution >= 0.6 is 0 Å². The van der Waals surface area contributed by atoms with E-state index < -0.39 is 5.97 Å². The van der Waals surface area contributed by atoms with Gasteiger partial charge in [0.2, 0.25) is 0 Å². The Kier molecular flexibility index (Phi) is 5.58. The van der Waals surface area contributed by atoms with E-state index in [9.17, 15) is 9.59 Å². The van der Waals surface area contributed by atoms with Crippen molar-refractivity contribution in [2.75, 3.05) is 19.0 Å². The van der Waals surface area contributed by atoms with Crippen molar-refractivity contribution in [1.82, 2.24) is 0 Å². The first-order valence-corrected chi connectivity index (χ1v) is 7.60. The summed E-state index contributed by atoms with van der Waals surface area (Å²) in [5, 5.41) is 2.68. The van der Waals surface area contributed by atoms with Crippen LogP contribution in [0.25, 0.3) is 0 Å². The molecule has 1 N–H and O–H groups in total. The molecule has 0 saturated heterocycles. The van der Waals surface area contributed by atoms with Gasteiger partial charge in [0.1, 0.15) is 5.75 Å². The van der Waals surface area contributed by atoms with E-state index in [4.69, 9.17) is 9.47 Å². The van der Waals surface area contributed by atoms with E-state index in [-0.39, 0.29) is 12.5 Å². The Hall–Kier alpha value is -2.82. The number of para-hydroxylation sites is 1. The minimum atomic E-state index is -0.503. The fraction of sp³-hybridized carbons (Fsp3) is 0.263. The number of anilines is 1. The Balaban J connectivity index is 2.05. The average Bonchev–Trinajstić information content (AvgIpc) is 2.56. The number of esters is 1. The molecule has 0 aliphatic carbocycles. The first kappa shape index (κ1) is 17.5. The molecule has 5 nitrogen and oxygen atoms in total. The lowest BCUT2D eigenvalue weighted by Crippen LogP contribution is -2.22. The summed E-state index contributed by atoms with van der Waals surface area (Å²) >= 11 is 0. The largest absolute Gasteiger partial charge is 0.483 e. The van der Waals surface area contributed by atoms with Gasteiger partial charge in [0.05, 0.1) is 18.4 Å². The van der Waals surface area contributed by atoms with Gasteiger partial charge in [0.25, 0.3) is 5.91 Å². The van der Waals surface area contributed by atoms with Gasteiger partial charge in [0, 0.05) is 0 Å². The zero-order valence-corrected chi connectivity index (χ0v) is 14.3. The smallest absolute Gasteiger partial charge is 0.339 e. The molecular weight excluding hydrogens is 306 g/mol. The number of rotatable bonds is 5. The maximum Gasteiger partial charge on any atom is 0.339 e. The molecule has 0 aliphatic rings. The quantitative estimate of drug-likeness (QED) is 0.855. The third-order valence-corrected chi connectivity index (χ3v) is 3.76. The summed E-state index contributed by atoms with van der Waals surface area (Å²) < 4.78 is 10.3. The summed E-state index contributed by atoms with van der Waals surface area (Å²) in [6.45, 7) is 5.82. The van der Waals surface area contributed by atoms with E-state index in [0.717, 1.165) is 11.1 Å². The predicted octanol–water partition coefficient (Wildman–Crippen LogP) is 3.42. The van der Waals surface area contributed by atoms with Crippen LogP contribution in [0.1, 0.15) is 27.0 Å². The molecule has 24 heavy (non-hydrogen) atoms. The first-order chi connectivity index (χ1) is 11.4. The van der Waals surface area contributed by atoms with Crippen molar-refractivity contribution in [2.45, 2.75) is 20.8 Å². The highest BCUT2D eigenvalue weighted by Gasteiger charge is 2.14. The lowest BCUT2D eigenvalue weighted by atomic mass is 10.1. The molecule has 0 heterocycles. The van der Waals surface area contributed by atoms with Gasteiger partial charge in [-0.25, -0.2) is 4.79 Å². The molecule has 0 unspecified atom stereocenters. The molecule has 2 aromatic rings. The summed E-state index contributed by atoms with van der Waals surface area (Å²) in [6.07, 6.45) is 0. The minimum absolute atomic E-state index is 0.140. The fourth-order valence-electron chi connectivity index (χ4n) is 2.30. The Morgan fingerprint density at radius 1 is 1.00 bits per heavy atom. The number of hydrogen-bond donors (Lipinski definition) is 1. The van der Waals surface area contributed by atoms with Crippen molar-refractivity contribution >= 4 is 17.6 Å². The number of ether oxygens (including phenoxy) is 2. The van der Waals surface area contributed by atoms with Crippen molar-refractivity contribution in [3.8, 4) is 5.75 Å². The number of methoxy groups -OCH3 is 1. The molecule has 2 rings (SSSR count). The molecule has 0 spiro atoms. The topological polar surface area (TPSA) is 64.6 Å². The first-order valence-electron chi connectivity index (χ1n) is 7.60. The van der Waals surface area contributed by atoms with Crippen LogP contribution in [0, 0.1) is 20.8 Å². The summed E-state index contributed by atoms with van der Waals surface area (Å²) in [5.41, 5.74) is 3.95. The monoisotopic (exact) mass is 327 g/mol. The molecule has 1 amide bonds. The zero-order chi connectivity index (χ0) is 17.7. The molecule has 0 atom stereocenters. The van der Waals surface area contributed by atoms with E-state index in [0.29, 0.717) is 17.0 Å². The van der Waals surface area contributed by atoms with E-state index >= 15 is 0 Å². The van der Waals surface area contributed by atoms with Gasteiger partial charge in [-0.1, -0.05) is 18.2 Å². The molecule has 2 aromatic carbocycles. The SMILES string of the molecule is COC(=O)c1ccccc1NC(=O)COc1cc(C)c(C)cc1C. The van der Waals surface area contributed by atoms with Crippen LogP contribution < -0.4 is 10.1 Å². The predicted molar refractivity (Wildman–Crippen MR) is 92.6 cm³/mol. The minimum Gasteiger partial charge on any atom is -0.483 e. The van der Waals surface area contributed by atoms with Gasteiger partial charge in [0.15, 0.2) is 6.61 Å². The Bertz CT molecular complexity index is 768. The van der Waals surface area contributed by atoms with Gasteiger partial charge in [-0.2, -0.15) is 0 Å². The molecule has 0 aromatic heterocycles. The van der Waals surface area contributed by atoms with Gasteiger partial charge < -0.3 is 14.8 Å². The summed E-state index contributed by atoms with van der Waals surface area (Å²) in [6, 6.07) is 10.6. The molecule has 0 aliphatic heterocycles. The van der Waals surface area contributed by atoms with Gasteiger partial charge in [-0.05, 0) is 55.7 Å². The van der Waals surface area contributed by atoms with Crippen molar-refractivity contribution in [2.24, 2.45) is 0 Å². The summed E-state index contributed by atoms with van der Waals surface area (Å²) in [4.78, 5) is 23.8. The molecule has 0 fully saturated rings. The maximum absolute atomic E-state index is 12.1. The lowest BCUT2D eigenvalue weighted by Gasteiger charge is -2.13. The van der Waals surface area contributed by atoms with Crippen LogP contribution in [0.2, 0.25) is 0 Å². The van der Waals surface area contributed by atoms with Crippen molar-refractivity contribution in [3.05, 3.63) is 58.7 Å². The standard InChI is InChI=1S/C19H21NO4/c1-12-9-14(3)17(10-13(12)2)24-11-18(21)20-16-8-6-5-7-15(16)19(22)23-4/h5-10H,11H2,1-4H3,(H,20,21). The number of carbonyl (C=O) groups is 2. The van der Waals surface area contributed by atoms with E-state index in [1.54, 1.807) is 24.3 Å². The van der Waals surface area contributed by atoms with Crippen molar-refractivity contribution in [1.29, 1.82) is 0 Å². The average molecular weight is 327 g/mol. The molecule has 126 valence electrons. The van der Waals surface area contributed by atoms with Crippen LogP contribution in [0.15, 0.2) is 36.4 Å². The highest BCUT2D eigenvalue weighted by atomic mass is 16.5. The molecular formula is C19H21NO4. The van der Waals surface area contributed by atoms with Crippen LogP contribution in [0.4, 0.5) is 5.69 Å². The molecule has 5 heteroatoms. The highest BCUT2D eigenvalue weighted by Crippen LogP contribution is 2.22. The summed E-state index contributed by atoms with van der Waals surface area (Å²) in [5.74, 6) is -0.171. The van der Waals surface area contributed by atoms with E-state index in [1.807, 2.05) is 32.9 Å². The van der Waals surface area contributed by atoms with E-state index in [1.165, 1.54) is 12.7 Å². The second-order valence-corrected chi connectivity index (χ2v) is 5.58. The van der Waals surface area contributed by atoms with Crippen LogP contribution in [0.5, 0.6) is 5.75 Å². The van der Waals surface area contributed by atoms with Gasteiger partial charge >= 0.3 is 5.97 Å². The second-order valence-electron chi connectivity index (χ2n) is 5.58. The number of amides is 1. The number of carbonyl (C=O) groups excluding carboxylic acids is 2. The second kappa shape index (κ2) is 7.64. The highest BCUT2D eigenvalue weighted by molar-refractivity contribution is 6.01. The molecule has 0 bridgehead atoms. The van der Waals surface area contributed by atoms with E-state index in [2.05, 4.69) is 5.32 Å². The molecule has 0 saturated carbocycles. The lowest BCUT2D eigenvalue weighted by molar-refractivity contribution is -0.118. The number of nitrogens with one attached hydrogen (secondary N) is 1.